The second-order valence-electron chi connectivity index (χ2n) is 5.50. The molecule has 0 aliphatic heterocycles. The van der Waals surface area contributed by atoms with Crippen molar-refractivity contribution in [3.63, 3.8) is 0 Å². The van der Waals surface area contributed by atoms with Crippen LogP contribution in [0.2, 0.25) is 0 Å². The molecule has 3 aromatic rings. The molecule has 0 fully saturated rings. The lowest BCUT2D eigenvalue weighted by molar-refractivity contribution is -0.144. The van der Waals surface area contributed by atoms with Crippen molar-refractivity contribution in [3.8, 4) is 6.07 Å². The Morgan fingerprint density at radius 2 is 1.56 bits per heavy atom. The van der Waals surface area contributed by atoms with E-state index in [0.717, 1.165) is 6.07 Å². The van der Waals surface area contributed by atoms with Crippen molar-refractivity contribution in [2.24, 2.45) is 0 Å². The van der Waals surface area contributed by atoms with Gasteiger partial charge in [0, 0.05) is 17.8 Å². The van der Waals surface area contributed by atoms with Gasteiger partial charge in [0.25, 0.3) is 0 Å². The predicted molar refractivity (Wildman–Crippen MR) is 81.2 cm³/mol. The van der Waals surface area contributed by atoms with Gasteiger partial charge in [-0.05, 0) is 35.9 Å². The third-order valence-electron chi connectivity index (χ3n) is 3.75. The van der Waals surface area contributed by atoms with E-state index in [4.69, 9.17) is 0 Å². The summed E-state index contributed by atoms with van der Waals surface area (Å²) in [5.74, 6) is -0.997. The second-order valence-corrected chi connectivity index (χ2v) is 5.50. The largest absolute Gasteiger partial charge is 0.433 e. The first kappa shape index (κ1) is 18.6. The normalized spacial score (nSPS) is 13.4. The van der Waals surface area contributed by atoms with E-state index in [9.17, 15) is 31.6 Å². The standard InChI is InChI=1S/C17H8F6N4/c18-16(19,20)12-7-14(17(21,22)23)27-15-10(12)1-2-13(26-15)11(8-24)9-3-5-25-6-4-9/h1-7,11H. The van der Waals surface area contributed by atoms with E-state index >= 15 is 0 Å². The minimum Gasteiger partial charge on any atom is -0.265 e. The third kappa shape index (κ3) is 3.67. The molecule has 0 aromatic carbocycles. The van der Waals surface area contributed by atoms with Crippen molar-refractivity contribution in [1.82, 2.24) is 15.0 Å². The number of nitrogens with zero attached hydrogens (tertiary/aromatic N) is 4. The highest BCUT2D eigenvalue weighted by molar-refractivity contribution is 5.80. The first-order chi connectivity index (χ1) is 12.6. The van der Waals surface area contributed by atoms with E-state index in [1.165, 1.54) is 30.6 Å². The summed E-state index contributed by atoms with van der Waals surface area (Å²) >= 11 is 0. The van der Waals surface area contributed by atoms with Crippen LogP contribution in [0, 0.1) is 11.3 Å². The molecule has 0 spiro atoms. The molecule has 3 aromatic heterocycles. The number of hydrogen-bond acceptors (Lipinski definition) is 4. The van der Waals surface area contributed by atoms with Crippen LogP contribution in [-0.4, -0.2) is 15.0 Å². The summed E-state index contributed by atoms with van der Waals surface area (Å²) in [4.78, 5) is 10.8. The Morgan fingerprint density at radius 1 is 0.889 bits per heavy atom. The van der Waals surface area contributed by atoms with E-state index in [1.54, 1.807) is 0 Å². The molecular formula is C17H8F6N4. The van der Waals surface area contributed by atoms with Gasteiger partial charge in [-0.3, -0.25) is 4.98 Å². The molecule has 0 aliphatic carbocycles. The highest BCUT2D eigenvalue weighted by atomic mass is 19.4. The number of fused-ring (bicyclic) bond motifs is 1. The molecular weight excluding hydrogens is 374 g/mol. The molecule has 0 amide bonds. The Bertz CT molecular complexity index is 1020. The zero-order valence-electron chi connectivity index (χ0n) is 13.2. The summed E-state index contributed by atoms with van der Waals surface area (Å²) in [5, 5.41) is 8.80. The molecule has 1 unspecified atom stereocenters. The fraction of sp³-hybridized carbons (Fsp3) is 0.176. The smallest absolute Gasteiger partial charge is 0.265 e. The van der Waals surface area contributed by atoms with Crippen LogP contribution in [0.1, 0.15) is 28.4 Å². The number of aromatic nitrogens is 3. The van der Waals surface area contributed by atoms with E-state index in [1.807, 2.05) is 6.07 Å². The zero-order valence-corrected chi connectivity index (χ0v) is 13.2. The zero-order chi connectivity index (χ0) is 19.8. The van der Waals surface area contributed by atoms with E-state index in [0.29, 0.717) is 5.56 Å². The molecule has 0 aliphatic rings. The van der Waals surface area contributed by atoms with Crippen LogP contribution in [-0.2, 0) is 12.4 Å². The molecule has 0 saturated carbocycles. The van der Waals surface area contributed by atoms with Gasteiger partial charge < -0.3 is 0 Å². The van der Waals surface area contributed by atoms with Crippen LogP contribution in [0.15, 0.2) is 42.7 Å². The summed E-state index contributed by atoms with van der Waals surface area (Å²) in [7, 11) is 0. The molecule has 3 heterocycles. The molecule has 0 bridgehead atoms. The van der Waals surface area contributed by atoms with Gasteiger partial charge in [0.2, 0.25) is 0 Å². The number of hydrogen-bond donors (Lipinski definition) is 0. The molecule has 1 atom stereocenters. The van der Waals surface area contributed by atoms with Crippen molar-refractivity contribution in [3.05, 3.63) is 65.2 Å². The summed E-state index contributed by atoms with van der Waals surface area (Å²) in [6.07, 6.45) is -7.29. The molecule has 138 valence electrons. The number of alkyl halides is 6. The summed E-state index contributed by atoms with van der Waals surface area (Å²) in [5.41, 5.74) is -3.50. The van der Waals surface area contributed by atoms with Gasteiger partial charge >= 0.3 is 12.4 Å². The van der Waals surface area contributed by atoms with Crippen molar-refractivity contribution >= 4 is 11.0 Å². The molecule has 3 rings (SSSR count). The summed E-state index contributed by atoms with van der Waals surface area (Å²) in [6, 6.07) is 7.02. The highest BCUT2D eigenvalue weighted by Gasteiger charge is 2.39. The van der Waals surface area contributed by atoms with E-state index in [-0.39, 0.29) is 11.8 Å². The van der Waals surface area contributed by atoms with Crippen LogP contribution < -0.4 is 0 Å². The van der Waals surface area contributed by atoms with Gasteiger partial charge in [-0.15, -0.1) is 0 Å². The highest BCUT2D eigenvalue weighted by Crippen LogP contribution is 2.38. The van der Waals surface area contributed by atoms with Crippen LogP contribution in [0.4, 0.5) is 26.3 Å². The van der Waals surface area contributed by atoms with Gasteiger partial charge in [-0.1, -0.05) is 0 Å². The molecule has 10 heteroatoms. The maximum absolute atomic E-state index is 13.2. The lowest BCUT2D eigenvalue weighted by Crippen LogP contribution is -2.14. The number of rotatable bonds is 2. The van der Waals surface area contributed by atoms with Crippen LogP contribution in [0.3, 0.4) is 0 Å². The van der Waals surface area contributed by atoms with Gasteiger partial charge in [-0.25, -0.2) is 9.97 Å². The average molecular weight is 382 g/mol. The number of halogens is 6. The molecule has 0 saturated heterocycles. The van der Waals surface area contributed by atoms with Crippen LogP contribution in [0.5, 0.6) is 0 Å². The summed E-state index contributed by atoms with van der Waals surface area (Å²) in [6.45, 7) is 0. The molecule has 0 N–H and O–H groups in total. The Morgan fingerprint density at radius 3 is 2.11 bits per heavy atom. The average Bonchev–Trinajstić information content (AvgIpc) is 2.60. The first-order valence-corrected chi connectivity index (χ1v) is 7.37. The maximum atomic E-state index is 13.2. The number of nitriles is 1. The SMILES string of the molecule is N#CC(c1ccncc1)c1ccc2c(C(F)(F)F)cc(C(F)(F)F)nc2n1. The van der Waals surface area contributed by atoms with Crippen molar-refractivity contribution in [2.75, 3.05) is 0 Å². The maximum Gasteiger partial charge on any atom is 0.433 e. The Hall–Kier alpha value is -3.22. The third-order valence-corrected chi connectivity index (χ3v) is 3.75. The van der Waals surface area contributed by atoms with Crippen LogP contribution in [0.25, 0.3) is 11.0 Å². The fourth-order valence-electron chi connectivity index (χ4n) is 2.53. The minimum absolute atomic E-state index is 0.0175. The molecule has 0 radical (unpaired) electrons. The van der Waals surface area contributed by atoms with Crippen molar-refractivity contribution in [2.45, 2.75) is 18.3 Å². The van der Waals surface area contributed by atoms with Crippen molar-refractivity contribution in [1.29, 1.82) is 5.26 Å². The predicted octanol–water partition coefficient (Wildman–Crippen LogP) is 4.72. The quantitative estimate of drug-likeness (QED) is 0.602. The Kier molecular flexibility index (Phi) is 4.47. The van der Waals surface area contributed by atoms with E-state index in [2.05, 4.69) is 15.0 Å². The lowest BCUT2D eigenvalue weighted by atomic mass is 9.97. The fourth-order valence-corrected chi connectivity index (χ4v) is 2.53. The second kappa shape index (κ2) is 6.50. The Balaban J connectivity index is 2.24. The van der Waals surface area contributed by atoms with Gasteiger partial charge in [-0.2, -0.15) is 31.6 Å². The van der Waals surface area contributed by atoms with Crippen LogP contribution >= 0.6 is 0 Å². The molecule has 4 nitrogen and oxygen atoms in total. The summed E-state index contributed by atoms with van der Waals surface area (Å²) < 4.78 is 78.5. The lowest BCUT2D eigenvalue weighted by Gasteiger charge is -2.15. The van der Waals surface area contributed by atoms with Gasteiger partial charge in [0.15, 0.2) is 5.65 Å². The molecule has 27 heavy (non-hydrogen) atoms. The van der Waals surface area contributed by atoms with Crippen molar-refractivity contribution < 1.29 is 26.3 Å². The number of pyridine rings is 3. The van der Waals surface area contributed by atoms with Gasteiger partial charge in [0.05, 0.1) is 17.3 Å². The van der Waals surface area contributed by atoms with E-state index < -0.39 is 40.6 Å². The first-order valence-electron chi connectivity index (χ1n) is 7.37. The minimum atomic E-state index is -5.08. The Labute approximate surface area is 148 Å². The van der Waals surface area contributed by atoms with Gasteiger partial charge in [0.1, 0.15) is 11.6 Å². The topological polar surface area (TPSA) is 62.5 Å². The monoisotopic (exact) mass is 382 g/mol.